The number of amides is 1. The smallest absolute Gasteiger partial charge is 0.268 e. The topological polar surface area (TPSA) is 20.3 Å². The fourth-order valence-electron chi connectivity index (χ4n) is 2.61. The molecule has 1 saturated heterocycles. The number of nitrogens with zero attached hydrogens (tertiary/aromatic N) is 1. The lowest BCUT2D eigenvalue weighted by molar-refractivity contribution is -0.113. The molecule has 0 bridgehead atoms. The molecule has 0 unspecified atom stereocenters. The molecule has 2 aromatic rings. The third-order valence-electron chi connectivity index (χ3n) is 3.75. The first-order chi connectivity index (χ1) is 11.1. The zero-order valence-electron chi connectivity index (χ0n) is 13.1. The number of thioether (sulfide) groups is 1. The molecule has 23 heavy (non-hydrogen) atoms. The van der Waals surface area contributed by atoms with Crippen molar-refractivity contribution in [3.63, 3.8) is 0 Å². The van der Waals surface area contributed by atoms with Crippen LogP contribution in [0.1, 0.15) is 23.6 Å². The Balaban J connectivity index is 1.97. The van der Waals surface area contributed by atoms with Crippen molar-refractivity contribution in [1.82, 2.24) is 0 Å². The Labute approximate surface area is 146 Å². The van der Waals surface area contributed by atoms with Gasteiger partial charge < -0.3 is 0 Å². The van der Waals surface area contributed by atoms with Crippen molar-refractivity contribution in [2.75, 3.05) is 4.90 Å². The molecule has 116 valence electrons. The van der Waals surface area contributed by atoms with E-state index in [2.05, 4.69) is 13.0 Å². The number of aryl methyl sites for hydroxylation is 2. The van der Waals surface area contributed by atoms with Gasteiger partial charge in [-0.1, -0.05) is 78.9 Å². The molecular formula is C19H17NOS2. The van der Waals surface area contributed by atoms with Gasteiger partial charge in [0.1, 0.15) is 0 Å². The number of carbonyl (C=O) groups is 1. The van der Waals surface area contributed by atoms with Gasteiger partial charge in [0.25, 0.3) is 5.91 Å². The van der Waals surface area contributed by atoms with Crippen LogP contribution in [0.2, 0.25) is 0 Å². The molecule has 0 radical (unpaired) electrons. The molecule has 4 heteroatoms. The molecule has 1 fully saturated rings. The fraction of sp³-hybridized carbons (Fsp3) is 0.158. The van der Waals surface area contributed by atoms with Crippen LogP contribution in [-0.4, -0.2) is 10.2 Å². The quantitative estimate of drug-likeness (QED) is 0.582. The van der Waals surface area contributed by atoms with Crippen LogP contribution >= 0.6 is 24.0 Å². The van der Waals surface area contributed by atoms with Crippen LogP contribution in [0.4, 0.5) is 5.69 Å². The largest absolute Gasteiger partial charge is 0.270 e. The van der Waals surface area contributed by atoms with E-state index in [1.165, 1.54) is 17.3 Å². The predicted molar refractivity (Wildman–Crippen MR) is 103 cm³/mol. The van der Waals surface area contributed by atoms with Crippen molar-refractivity contribution in [3.05, 3.63) is 70.1 Å². The number of para-hydroxylation sites is 1. The first-order valence-electron chi connectivity index (χ1n) is 7.52. The molecule has 1 heterocycles. The summed E-state index contributed by atoms with van der Waals surface area (Å²) >= 11 is 6.82. The van der Waals surface area contributed by atoms with E-state index in [1.807, 2.05) is 55.5 Å². The molecule has 0 N–H and O–H groups in total. The molecule has 1 aliphatic rings. The summed E-state index contributed by atoms with van der Waals surface area (Å²) in [6.45, 7) is 4.12. The number of carbonyl (C=O) groups excluding carboxylic acids is 1. The normalized spacial score (nSPS) is 16.4. The molecule has 0 saturated carbocycles. The van der Waals surface area contributed by atoms with Crippen molar-refractivity contribution in [1.29, 1.82) is 0 Å². The number of anilines is 1. The SMILES string of the molecule is CCc1ccccc1N1C(=O)/C(=C/c2cccc(C)c2)SC1=S. The van der Waals surface area contributed by atoms with Crippen LogP contribution in [0, 0.1) is 6.92 Å². The zero-order chi connectivity index (χ0) is 16.4. The highest BCUT2D eigenvalue weighted by atomic mass is 32.2. The number of rotatable bonds is 3. The Morgan fingerprint density at radius 1 is 1.17 bits per heavy atom. The van der Waals surface area contributed by atoms with Gasteiger partial charge >= 0.3 is 0 Å². The zero-order valence-corrected chi connectivity index (χ0v) is 14.7. The monoisotopic (exact) mass is 339 g/mol. The Kier molecular flexibility index (Phi) is 4.64. The summed E-state index contributed by atoms with van der Waals surface area (Å²) < 4.78 is 0.592. The van der Waals surface area contributed by atoms with Crippen LogP contribution < -0.4 is 4.90 Å². The molecule has 2 nitrogen and oxygen atoms in total. The number of thiocarbonyl (C=S) groups is 1. The van der Waals surface area contributed by atoms with Gasteiger partial charge in [0.2, 0.25) is 0 Å². The van der Waals surface area contributed by atoms with Crippen LogP contribution in [0.5, 0.6) is 0 Å². The maximum Gasteiger partial charge on any atom is 0.270 e. The molecule has 1 amide bonds. The highest BCUT2D eigenvalue weighted by Crippen LogP contribution is 2.37. The number of benzene rings is 2. The summed E-state index contributed by atoms with van der Waals surface area (Å²) in [7, 11) is 0. The van der Waals surface area contributed by atoms with Crippen LogP contribution in [0.15, 0.2) is 53.4 Å². The molecule has 1 aliphatic heterocycles. The second-order valence-electron chi connectivity index (χ2n) is 5.41. The number of hydrogen-bond donors (Lipinski definition) is 0. The summed E-state index contributed by atoms with van der Waals surface area (Å²) in [6.07, 6.45) is 2.78. The van der Waals surface area contributed by atoms with Gasteiger partial charge in [0, 0.05) is 0 Å². The average molecular weight is 339 g/mol. The van der Waals surface area contributed by atoms with E-state index in [0.717, 1.165) is 23.2 Å². The number of hydrogen-bond acceptors (Lipinski definition) is 3. The summed E-state index contributed by atoms with van der Waals surface area (Å²) in [5, 5.41) is 0. The van der Waals surface area contributed by atoms with Crippen molar-refractivity contribution >= 4 is 46.0 Å². The van der Waals surface area contributed by atoms with Crippen molar-refractivity contribution < 1.29 is 4.79 Å². The lowest BCUT2D eigenvalue weighted by atomic mass is 10.1. The Morgan fingerprint density at radius 3 is 2.70 bits per heavy atom. The Morgan fingerprint density at radius 2 is 1.96 bits per heavy atom. The first-order valence-corrected chi connectivity index (χ1v) is 8.75. The maximum atomic E-state index is 12.8. The summed E-state index contributed by atoms with van der Waals surface area (Å²) in [6, 6.07) is 16.0. The average Bonchev–Trinajstić information content (AvgIpc) is 2.81. The minimum atomic E-state index is -0.0394. The minimum Gasteiger partial charge on any atom is -0.268 e. The van der Waals surface area contributed by atoms with Crippen molar-refractivity contribution in [3.8, 4) is 0 Å². The van der Waals surface area contributed by atoms with Crippen LogP contribution in [-0.2, 0) is 11.2 Å². The maximum absolute atomic E-state index is 12.8. The van der Waals surface area contributed by atoms with Crippen LogP contribution in [0.25, 0.3) is 6.08 Å². The molecule has 0 aromatic heterocycles. The summed E-state index contributed by atoms with van der Waals surface area (Å²) in [5.74, 6) is -0.0394. The van der Waals surface area contributed by atoms with Gasteiger partial charge in [-0.25, -0.2) is 0 Å². The molecule has 2 aromatic carbocycles. The molecule has 3 rings (SSSR count). The Bertz CT molecular complexity index is 811. The standard InChI is InChI=1S/C19H17NOS2/c1-3-15-9-4-5-10-16(15)20-18(21)17(23-19(20)22)12-14-8-6-7-13(2)11-14/h4-12H,3H2,1-2H3/b17-12-. The lowest BCUT2D eigenvalue weighted by Gasteiger charge is -2.18. The van der Waals surface area contributed by atoms with Gasteiger partial charge in [-0.15, -0.1) is 0 Å². The van der Waals surface area contributed by atoms with Gasteiger partial charge in [-0.3, -0.25) is 9.69 Å². The third kappa shape index (κ3) is 3.23. The molecule has 0 aliphatic carbocycles. The lowest BCUT2D eigenvalue weighted by Crippen LogP contribution is -2.28. The fourth-order valence-corrected chi connectivity index (χ4v) is 3.90. The second-order valence-corrected chi connectivity index (χ2v) is 7.09. The molecule has 0 spiro atoms. The van der Waals surface area contributed by atoms with E-state index in [9.17, 15) is 4.79 Å². The van der Waals surface area contributed by atoms with Gasteiger partial charge in [0.05, 0.1) is 10.6 Å². The summed E-state index contributed by atoms with van der Waals surface area (Å²) in [4.78, 5) is 15.1. The van der Waals surface area contributed by atoms with Gasteiger partial charge in [-0.05, 0) is 36.6 Å². The summed E-state index contributed by atoms with van der Waals surface area (Å²) in [5.41, 5.74) is 4.21. The van der Waals surface area contributed by atoms with E-state index in [0.29, 0.717) is 9.23 Å². The second kappa shape index (κ2) is 6.69. The third-order valence-corrected chi connectivity index (χ3v) is 5.05. The van der Waals surface area contributed by atoms with E-state index in [-0.39, 0.29) is 5.91 Å². The highest BCUT2D eigenvalue weighted by molar-refractivity contribution is 8.27. The van der Waals surface area contributed by atoms with Gasteiger partial charge in [0.15, 0.2) is 4.32 Å². The minimum absolute atomic E-state index is 0.0394. The van der Waals surface area contributed by atoms with E-state index >= 15 is 0 Å². The Hall–Kier alpha value is -1.91. The van der Waals surface area contributed by atoms with Crippen molar-refractivity contribution in [2.24, 2.45) is 0 Å². The van der Waals surface area contributed by atoms with Crippen molar-refractivity contribution in [2.45, 2.75) is 20.3 Å². The highest BCUT2D eigenvalue weighted by Gasteiger charge is 2.34. The van der Waals surface area contributed by atoms with Gasteiger partial charge in [-0.2, -0.15) is 0 Å². The van der Waals surface area contributed by atoms with E-state index in [1.54, 1.807) is 4.90 Å². The van der Waals surface area contributed by atoms with Crippen LogP contribution in [0.3, 0.4) is 0 Å². The van der Waals surface area contributed by atoms with E-state index < -0.39 is 0 Å². The molecular weight excluding hydrogens is 322 g/mol. The first kappa shape index (κ1) is 16.0. The van der Waals surface area contributed by atoms with E-state index in [4.69, 9.17) is 12.2 Å². The molecule has 0 atom stereocenters. The predicted octanol–water partition coefficient (Wildman–Crippen LogP) is 4.96.